The fraction of sp³-hybridized carbons (Fsp3) is 0.538. The van der Waals surface area contributed by atoms with Crippen molar-refractivity contribution in [3.05, 3.63) is 29.3 Å². The monoisotopic (exact) mass is 292 g/mol. The highest BCUT2D eigenvalue weighted by molar-refractivity contribution is 5.85. The summed E-state index contributed by atoms with van der Waals surface area (Å²) in [5.41, 5.74) is 2.00. The quantitative estimate of drug-likeness (QED) is 0.879. The molecule has 1 saturated heterocycles. The molecule has 3 nitrogen and oxygen atoms in total. The van der Waals surface area contributed by atoms with Crippen molar-refractivity contribution >= 4 is 24.8 Å². The molecule has 0 unspecified atom stereocenters. The lowest BCUT2D eigenvalue weighted by Gasteiger charge is -2.33. The summed E-state index contributed by atoms with van der Waals surface area (Å²) in [6, 6.07) is 6.28. The minimum Gasteiger partial charge on any atom is -0.507 e. The molecule has 2 N–H and O–H groups in total. The Bertz CT molecular complexity index is 368. The third-order valence-corrected chi connectivity index (χ3v) is 3.42. The van der Waals surface area contributed by atoms with Gasteiger partial charge in [-0.1, -0.05) is 18.2 Å². The molecule has 1 aromatic carbocycles. The van der Waals surface area contributed by atoms with Gasteiger partial charge in [0.15, 0.2) is 0 Å². The summed E-state index contributed by atoms with van der Waals surface area (Å²) in [7, 11) is 0. The minimum absolute atomic E-state index is 0. The van der Waals surface area contributed by atoms with Crippen molar-refractivity contribution in [2.24, 2.45) is 0 Å². The highest BCUT2D eigenvalue weighted by Gasteiger charge is 2.20. The van der Waals surface area contributed by atoms with Crippen LogP contribution in [0.2, 0.25) is 0 Å². The summed E-state index contributed by atoms with van der Waals surface area (Å²) >= 11 is 0. The van der Waals surface area contributed by atoms with E-state index in [9.17, 15) is 5.11 Å². The molecule has 1 aromatic rings. The molecule has 18 heavy (non-hydrogen) atoms. The first-order valence-electron chi connectivity index (χ1n) is 5.93. The van der Waals surface area contributed by atoms with Crippen LogP contribution in [0.4, 0.5) is 0 Å². The molecule has 1 aliphatic rings. The summed E-state index contributed by atoms with van der Waals surface area (Å²) in [5, 5.41) is 13.4. The average molecular weight is 293 g/mol. The molecular weight excluding hydrogens is 271 g/mol. The zero-order valence-electron chi connectivity index (χ0n) is 10.8. The van der Waals surface area contributed by atoms with Crippen molar-refractivity contribution in [2.75, 3.05) is 26.2 Å². The van der Waals surface area contributed by atoms with Gasteiger partial charge in [0, 0.05) is 37.8 Å². The number of piperazine rings is 1. The van der Waals surface area contributed by atoms with Crippen molar-refractivity contribution in [1.82, 2.24) is 10.2 Å². The van der Waals surface area contributed by atoms with Crippen LogP contribution in [0, 0.1) is 6.92 Å². The number of benzene rings is 1. The van der Waals surface area contributed by atoms with E-state index in [2.05, 4.69) is 17.1 Å². The molecule has 0 saturated carbocycles. The van der Waals surface area contributed by atoms with Crippen molar-refractivity contribution in [2.45, 2.75) is 19.9 Å². The predicted octanol–water partition coefficient (Wildman–Crippen LogP) is 2.51. The Morgan fingerprint density at radius 2 is 1.83 bits per heavy atom. The van der Waals surface area contributed by atoms with Crippen LogP contribution in [0.15, 0.2) is 18.2 Å². The molecule has 0 radical (unpaired) electrons. The summed E-state index contributed by atoms with van der Waals surface area (Å²) in [4.78, 5) is 2.41. The predicted molar refractivity (Wildman–Crippen MR) is 80.2 cm³/mol. The zero-order valence-corrected chi connectivity index (χ0v) is 12.5. The lowest BCUT2D eigenvalue weighted by molar-refractivity contribution is 0.183. The van der Waals surface area contributed by atoms with Gasteiger partial charge in [-0.05, 0) is 19.4 Å². The number of phenols is 1. The Morgan fingerprint density at radius 3 is 2.44 bits per heavy atom. The molecule has 0 amide bonds. The van der Waals surface area contributed by atoms with Crippen LogP contribution >= 0.6 is 24.8 Å². The molecule has 0 bridgehead atoms. The van der Waals surface area contributed by atoms with Crippen molar-refractivity contribution < 1.29 is 5.11 Å². The van der Waals surface area contributed by atoms with E-state index >= 15 is 0 Å². The fourth-order valence-electron chi connectivity index (χ4n) is 2.28. The van der Waals surface area contributed by atoms with Gasteiger partial charge in [-0.25, -0.2) is 0 Å². The van der Waals surface area contributed by atoms with E-state index < -0.39 is 0 Å². The van der Waals surface area contributed by atoms with Gasteiger partial charge in [0.05, 0.1) is 0 Å². The summed E-state index contributed by atoms with van der Waals surface area (Å²) in [6.07, 6.45) is 0. The smallest absolute Gasteiger partial charge is 0.123 e. The Labute approximate surface area is 121 Å². The second-order valence-electron chi connectivity index (χ2n) is 4.47. The molecule has 2 rings (SSSR count). The number of hydrogen-bond donors (Lipinski definition) is 2. The van der Waals surface area contributed by atoms with E-state index in [-0.39, 0.29) is 24.8 Å². The number of rotatable bonds is 2. The molecule has 0 aromatic heterocycles. The fourth-order valence-corrected chi connectivity index (χ4v) is 2.28. The summed E-state index contributed by atoms with van der Waals surface area (Å²) < 4.78 is 0. The third kappa shape index (κ3) is 3.75. The van der Waals surface area contributed by atoms with E-state index in [0.717, 1.165) is 37.3 Å². The van der Waals surface area contributed by atoms with E-state index in [1.54, 1.807) is 0 Å². The first-order valence-corrected chi connectivity index (χ1v) is 5.93. The molecule has 1 aliphatic heterocycles. The standard InChI is InChI=1S/C13H20N2O.2ClH/c1-10-4-3-5-12(13(10)16)11(2)15-8-6-14-7-9-15;;/h3-5,11,14,16H,6-9H2,1-2H3;2*1H/t11-;;/m1../s1. The summed E-state index contributed by atoms with van der Waals surface area (Å²) in [5.74, 6) is 0.452. The Morgan fingerprint density at radius 1 is 1.22 bits per heavy atom. The number of para-hydroxylation sites is 1. The van der Waals surface area contributed by atoms with Crippen LogP contribution < -0.4 is 5.32 Å². The van der Waals surface area contributed by atoms with Crippen LogP contribution in [0.3, 0.4) is 0 Å². The highest BCUT2D eigenvalue weighted by atomic mass is 35.5. The molecule has 1 atom stereocenters. The highest BCUT2D eigenvalue weighted by Crippen LogP contribution is 2.30. The number of phenolic OH excluding ortho intramolecular Hbond substituents is 1. The van der Waals surface area contributed by atoms with Crippen LogP contribution in [0.5, 0.6) is 5.75 Å². The van der Waals surface area contributed by atoms with Gasteiger partial charge in [-0.15, -0.1) is 24.8 Å². The number of hydrogen-bond acceptors (Lipinski definition) is 3. The number of nitrogens with one attached hydrogen (secondary N) is 1. The maximum Gasteiger partial charge on any atom is 0.123 e. The zero-order chi connectivity index (χ0) is 11.5. The molecular formula is C13H22Cl2N2O. The van der Waals surface area contributed by atoms with Crippen LogP contribution in [0.25, 0.3) is 0 Å². The average Bonchev–Trinajstić information content (AvgIpc) is 2.33. The summed E-state index contributed by atoms with van der Waals surface area (Å²) in [6.45, 7) is 8.29. The number of aryl methyl sites for hydroxylation is 1. The van der Waals surface area contributed by atoms with Crippen LogP contribution in [-0.4, -0.2) is 36.2 Å². The van der Waals surface area contributed by atoms with Gasteiger partial charge in [0.25, 0.3) is 0 Å². The number of halogens is 2. The van der Waals surface area contributed by atoms with Gasteiger partial charge in [-0.3, -0.25) is 4.90 Å². The van der Waals surface area contributed by atoms with E-state index in [1.165, 1.54) is 0 Å². The molecule has 1 heterocycles. The molecule has 5 heteroatoms. The first-order chi connectivity index (χ1) is 7.70. The van der Waals surface area contributed by atoms with Crippen LogP contribution in [-0.2, 0) is 0 Å². The topological polar surface area (TPSA) is 35.5 Å². The second-order valence-corrected chi connectivity index (χ2v) is 4.47. The van der Waals surface area contributed by atoms with Gasteiger partial charge in [-0.2, -0.15) is 0 Å². The van der Waals surface area contributed by atoms with Crippen molar-refractivity contribution in [3.8, 4) is 5.75 Å². The largest absolute Gasteiger partial charge is 0.507 e. The van der Waals surface area contributed by atoms with Gasteiger partial charge < -0.3 is 10.4 Å². The number of aromatic hydroxyl groups is 1. The SMILES string of the molecule is Cc1cccc([C@@H](C)N2CCNCC2)c1O.Cl.Cl. The maximum absolute atomic E-state index is 10.1. The van der Waals surface area contributed by atoms with Crippen molar-refractivity contribution in [1.29, 1.82) is 0 Å². The normalized spacial score (nSPS) is 17.4. The molecule has 104 valence electrons. The third-order valence-electron chi connectivity index (χ3n) is 3.42. The Hall–Kier alpha value is -0.480. The van der Waals surface area contributed by atoms with E-state index in [1.807, 2.05) is 25.1 Å². The van der Waals surface area contributed by atoms with Crippen molar-refractivity contribution in [3.63, 3.8) is 0 Å². The van der Waals surface area contributed by atoms with Gasteiger partial charge >= 0.3 is 0 Å². The lowest BCUT2D eigenvalue weighted by atomic mass is 10.0. The minimum atomic E-state index is 0. The van der Waals surface area contributed by atoms with Gasteiger partial charge in [0.2, 0.25) is 0 Å². The second kappa shape index (κ2) is 7.85. The van der Waals surface area contributed by atoms with E-state index in [0.29, 0.717) is 11.8 Å². The maximum atomic E-state index is 10.1. The first kappa shape index (κ1) is 17.5. The molecule has 0 spiro atoms. The Kier molecular flexibility index (Phi) is 7.64. The number of nitrogens with zero attached hydrogens (tertiary/aromatic N) is 1. The van der Waals surface area contributed by atoms with Gasteiger partial charge in [0.1, 0.15) is 5.75 Å². The molecule has 0 aliphatic carbocycles. The Balaban J connectivity index is 0.00000144. The van der Waals surface area contributed by atoms with E-state index in [4.69, 9.17) is 0 Å². The molecule has 1 fully saturated rings. The van der Waals surface area contributed by atoms with Crippen LogP contribution in [0.1, 0.15) is 24.1 Å². The lowest BCUT2D eigenvalue weighted by Crippen LogP contribution is -2.44.